The molecular formula is C70H109N9O15. The fraction of sp³-hybridized carbons (Fsp3) is 0.671. The molecule has 2 fully saturated rings. The first-order valence-corrected chi connectivity index (χ1v) is 33.6. The van der Waals surface area contributed by atoms with Crippen LogP contribution in [0.4, 0.5) is 15.3 Å². The van der Waals surface area contributed by atoms with Crippen LogP contribution in [0.2, 0.25) is 0 Å². The van der Waals surface area contributed by atoms with Crippen LogP contribution in [0.3, 0.4) is 0 Å². The number of unbranched alkanes of at least 4 members (excludes halogenated alkanes) is 2. The number of primary amides is 1. The highest BCUT2D eigenvalue weighted by atomic mass is 16.6. The molecule has 10 amide bonds. The number of likely N-dealkylation sites (tertiary alicyclic amines) is 2. The monoisotopic (exact) mass is 1320 g/mol. The molecule has 94 heavy (non-hydrogen) atoms. The number of carbonyl (C=O) groups excluding carboxylic acids is 11. The van der Waals surface area contributed by atoms with Crippen LogP contribution in [-0.2, 0) is 64.0 Å². The van der Waals surface area contributed by atoms with Crippen molar-refractivity contribution in [3.8, 4) is 0 Å². The van der Waals surface area contributed by atoms with Crippen LogP contribution in [0.15, 0.2) is 54.6 Å². The number of likely N-dealkylation sites (N-methyl/N-ethyl adjacent to an activating group) is 2. The first-order valence-electron chi connectivity index (χ1n) is 33.6. The number of aliphatic hydroxyl groups excluding tert-OH is 1. The highest BCUT2D eigenvalue weighted by Crippen LogP contribution is 2.32. The number of methoxy groups -OCH3 is 2. The normalized spacial score (nSPS) is 17.7. The van der Waals surface area contributed by atoms with Crippen molar-refractivity contribution in [2.75, 3.05) is 53.3 Å². The summed E-state index contributed by atoms with van der Waals surface area (Å²) in [6.07, 6.45) is 1.10. The molecular weight excluding hydrogens is 1210 g/mol. The van der Waals surface area contributed by atoms with Gasteiger partial charge in [-0.15, -0.1) is 0 Å². The van der Waals surface area contributed by atoms with E-state index in [1.54, 1.807) is 80.9 Å². The van der Waals surface area contributed by atoms with Gasteiger partial charge in [0, 0.05) is 97.6 Å². The quantitative estimate of drug-likeness (QED) is 0.0278. The van der Waals surface area contributed by atoms with Gasteiger partial charge in [0.1, 0.15) is 6.61 Å². The second-order valence-corrected chi connectivity index (χ2v) is 26.6. The number of nitrogens with one attached hydrogen (secondary N) is 4. The molecule has 2 aromatic carbocycles. The SMILES string of the molecule is CC[C@H](C)[C@@H]([C@@H](CC(=O)N1CCC[C@H]1[C@H](OC)[C@@H](C)C(=O)N[C@H](C)[C@@H](O)c1ccccc1)OC)N(C)C(=O)[C@@H](CC(=O)[C@H](C(C)C)N(C)C(=O)OCc1ccc(NC(=O)[C@H](CCCNC(N)=O)CC(=O)[C@@H](NC(=O)CCCCCN2C(=O)CCC2=O)C(C)C)cc1)C(C)C. The number of imide groups is 1. The molecule has 0 aliphatic carbocycles. The summed E-state index contributed by atoms with van der Waals surface area (Å²) in [5, 5.41) is 22.1. The minimum absolute atomic E-state index is 0.0688. The predicted molar refractivity (Wildman–Crippen MR) is 356 cm³/mol. The molecule has 2 heterocycles. The van der Waals surface area contributed by atoms with Gasteiger partial charge < -0.3 is 61.0 Å². The van der Waals surface area contributed by atoms with Gasteiger partial charge in [0.05, 0.1) is 60.9 Å². The topological polar surface area (TPSA) is 323 Å². The van der Waals surface area contributed by atoms with E-state index in [4.69, 9.17) is 19.9 Å². The average molecular weight is 1320 g/mol. The number of Topliss-reactive ketones (excluding diaryl/α,β-unsaturated/α-hetero) is 2. The number of anilines is 1. The van der Waals surface area contributed by atoms with Gasteiger partial charge in [-0.2, -0.15) is 0 Å². The zero-order chi connectivity index (χ0) is 70.1. The number of hydrogen-bond acceptors (Lipinski definition) is 15. The number of aliphatic hydroxyl groups is 1. The van der Waals surface area contributed by atoms with Crippen molar-refractivity contribution in [2.45, 2.75) is 214 Å². The first-order chi connectivity index (χ1) is 44.5. The summed E-state index contributed by atoms with van der Waals surface area (Å²) in [5.74, 6) is -6.17. The molecule has 2 aromatic rings. The van der Waals surface area contributed by atoms with Crippen molar-refractivity contribution < 1.29 is 72.1 Å². The van der Waals surface area contributed by atoms with Crippen LogP contribution in [0.5, 0.6) is 0 Å². The van der Waals surface area contributed by atoms with E-state index >= 15 is 0 Å². The molecule has 24 heteroatoms. The van der Waals surface area contributed by atoms with E-state index < -0.39 is 84.3 Å². The number of hydrogen-bond donors (Lipinski definition) is 6. The maximum atomic E-state index is 14.9. The maximum absolute atomic E-state index is 14.9. The van der Waals surface area contributed by atoms with Crippen molar-refractivity contribution in [2.24, 2.45) is 47.2 Å². The van der Waals surface area contributed by atoms with Gasteiger partial charge in [-0.3, -0.25) is 48.1 Å². The lowest BCUT2D eigenvalue weighted by molar-refractivity contribution is -0.149. The Morgan fingerprint density at radius 1 is 0.734 bits per heavy atom. The fourth-order valence-electron chi connectivity index (χ4n) is 12.9. The van der Waals surface area contributed by atoms with E-state index in [1.165, 1.54) is 31.1 Å². The molecule has 524 valence electrons. The Kier molecular flexibility index (Phi) is 32.7. The number of ether oxygens (including phenoxy) is 3. The van der Waals surface area contributed by atoms with E-state index in [9.17, 15) is 57.8 Å². The summed E-state index contributed by atoms with van der Waals surface area (Å²) in [6.45, 7) is 19.1. The summed E-state index contributed by atoms with van der Waals surface area (Å²) in [6, 6.07) is 11.4. The Hall–Kier alpha value is -7.31. The van der Waals surface area contributed by atoms with E-state index in [0.717, 1.165) is 0 Å². The third-order valence-corrected chi connectivity index (χ3v) is 18.7. The molecule has 12 atom stereocenters. The molecule has 0 radical (unpaired) electrons. The first kappa shape index (κ1) is 79.1. The van der Waals surface area contributed by atoms with Crippen LogP contribution in [0, 0.1) is 41.4 Å². The van der Waals surface area contributed by atoms with Crippen molar-refractivity contribution >= 4 is 70.7 Å². The van der Waals surface area contributed by atoms with Gasteiger partial charge in [-0.05, 0) is 92.4 Å². The molecule has 2 aliphatic heterocycles. The molecule has 24 nitrogen and oxygen atoms in total. The Bertz CT molecular complexity index is 2820. The van der Waals surface area contributed by atoms with Crippen LogP contribution in [-0.4, -0.2) is 180 Å². The van der Waals surface area contributed by atoms with Crippen LogP contribution >= 0.6 is 0 Å². The molecule has 4 rings (SSSR count). The van der Waals surface area contributed by atoms with E-state index in [2.05, 4.69) is 21.3 Å². The largest absolute Gasteiger partial charge is 0.445 e. The number of ketones is 2. The van der Waals surface area contributed by atoms with E-state index in [1.807, 2.05) is 59.7 Å². The third-order valence-electron chi connectivity index (χ3n) is 18.7. The van der Waals surface area contributed by atoms with Gasteiger partial charge in [0.15, 0.2) is 11.6 Å². The number of urea groups is 1. The summed E-state index contributed by atoms with van der Waals surface area (Å²) in [7, 11) is 6.20. The van der Waals surface area contributed by atoms with Crippen molar-refractivity contribution in [1.29, 1.82) is 0 Å². The number of amides is 10. The minimum atomic E-state index is -0.968. The second-order valence-electron chi connectivity index (χ2n) is 26.6. The van der Waals surface area contributed by atoms with Crippen molar-refractivity contribution in [3.05, 3.63) is 65.7 Å². The average Bonchev–Trinajstić information content (AvgIpc) is 1.33. The zero-order valence-corrected chi connectivity index (χ0v) is 58.1. The summed E-state index contributed by atoms with van der Waals surface area (Å²) < 4.78 is 17.8. The molecule has 7 N–H and O–H groups in total. The van der Waals surface area contributed by atoms with Gasteiger partial charge in [-0.25, -0.2) is 9.59 Å². The van der Waals surface area contributed by atoms with Gasteiger partial charge in [-0.1, -0.05) is 118 Å². The van der Waals surface area contributed by atoms with Gasteiger partial charge >= 0.3 is 12.1 Å². The molecule has 0 bridgehead atoms. The predicted octanol–water partition coefficient (Wildman–Crippen LogP) is 7.48. The molecule has 2 saturated heterocycles. The lowest BCUT2D eigenvalue weighted by atomic mass is 9.83. The van der Waals surface area contributed by atoms with E-state index in [-0.39, 0.29) is 129 Å². The van der Waals surface area contributed by atoms with Crippen LogP contribution in [0.25, 0.3) is 0 Å². The lowest BCUT2D eigenvalue weighted by Crippen LogP contribution is -2.55. The lowest BCUT2D eigenvalue weighted by Gasteiger charge is -2.41. The number of carbonyl (C=O) groups is 11. The maximum Gasteiger partial charge on any atom is 0.410 e. The van der Waals surface area contributed by atoms with Crippen molar-refractivity contribution in [1.82, 2.24) is 35.6 Å². The Morgan fingerprint density at radius 3 is 1.96 bits per heavy atom. The molecule has 0 aromatic heterocycles. The van der Waals surface area contributed by atoms with E-state index in [0.29, 0.717) is 74.8 Å². The number of nitrogens with two attached hydrogens (primary N) is 1. The smallest absolute Gasteiger partial charge is 0.410 e. The third kappa shape index (κ3) is 23.3. The van der Waals surface area contributed by atoms with Gasteiger partial charge in [0.2, 0.25) is 41.4 Å². The summed E-state index contributed by atoms with van der Waals surface area (Å²) in [5.41, 5.74) is 6.88. The fourth-order valence-corrected chi connectivity index (χ4v) is 12.9. The van der Waals surface area contributed by atoms with Crippen LogP contribution in [0.1, 0.15) is 176 Å². The standard InChI is InChI=1S/C70H109N9O15/c1-15-45(8)63(56(92-13)40-60(85)78-37-23-27-53(78)65(93-14)46(9)66(87)73-47(10)64(86)49-24-18-16-19-25-49)76(11)68(89)52(42(2)3)39-55(81)62(44(6)7)77(12)70(91)94-41-48-29-31-51(32-30-48)74-67(88)50(26-22-35-72-69(71)90)38-54(80)61(43(4)5)75-57(82)28-20-17-21-36-79-58(83)33-34-59(79)84/h16,18-19,24-25,29-32,42-47,50,52-53,56,61-65,86H,15,17,20-23,26-28,33-41H2,1-14H3,(H,73,87)(H,74,88)(H,75,82)(H3,71,72,90)/t45-,46+,47+,50+,52-,53-,56+,61-,62-,63-,64+,65+/m0/s1. The Labute approximate surface area is 556 Å². The summed E-state index contributed by atoms with van der Waals surface area (Å²) in [4.78, 5) is 153. The molecule has 0 unspecified atom stereocenters. The van der Waals surface area contributed by atoms with Crippen molar-refractivity contribution in [3.63, 3.8) is 0 Å². The zero-order valence-electron chi connectivity index (χ0n) is 58.1. The highest BCUT2D eigenvalue weighted by Gasteiger charge is 2.44. The second kappa shape index (κ2) is 38.9. The summed E-state index contributed by atoms with van der Waals surface area (Å²) >= 11 is 0. The number of benzene rings is 2. The minimum Gasteiger partial charge on any atom is -0.445 e. The molecule has 0 saturated carbocycles. The molecule has 0 spiro atoms. The molecule has 2 aliphatic rings. The number of nitrogens with zero attached hydrogens (tertiary/aromatic N) is 4. The van der Waals surface area contributed by atoms with Crippen LogP contribution < -0.4 is 27.0 Å². The Morgan fingerprint density at radius 2 is 1.38 bits per heavy atom. The van der Waals surface area contributed by atoms with Gasteiger partial charge in [0.25, 0.3) is 0 Å². The highest BCUT2D eigenvalue weighted by molar-refractivity contribution is 6.02. The number of rotatable bonds is 40. The Balaban J connectivity index is 1.37.